The van der Waals surface area contributed by atoms with Gasteiger partial charge in [0.2, 0.25) is 0 Å². The molecule has 0 spiro atoms. The van der Waals surface area contributed by atoms with E-state index in [-0.39, 0.29) is 12.0 Å². The molecule has 1 atom stereocenters. The van der Waals surface area contributed by atoms with Crippen LogP contribution in [0.1, 0.15) is 28.7 Å². The minimum atomic E-state index is 0.0911. The molecule has 4 aromatic carbocycles. The Morgan fingerprint density at radius 2 is 1.00 bits per heavy atom. The summed E-state index contributed by atoms with van der Waals surface area (Å²) in [5.41, 5.74) is 6.04. The van der Waals surface area contributed by atoms with E-state index in [4.69, 9.17) is 4.98 Å². The molecular formula is C27H22N2. The Hall–Kier alpha value is -3.65. The Kier molecular flexibility index (Phi) is 4.67. The summed E-state index contributed by atoms with van der Waals surface area (Å²) in [5, 5.41) is 0. The van der Waals surface area contributed by atoms with Crippen LogP contribution in [-0.2, 0) is 0 Å². The van der Waals surface area contributed by atoms with E-state index in [1.165, 1.54) is 16.7 Å². The first-order valence-corrected chi connectivity index (χ1v) is 9.98. The standard InChI is InChI=1S/C27H22N2/c1-4-12-21(13-5-1)26(22-14-6-2-7-15-22)27(23-16-8-3-9-17-23)29-20-28-24-18-10-11-19-25(24)29/h1-20,26-27H. The molecule has 2 nitrogen and oxygen atoms in total. The second-order valence-electron chi connectivity index (χ2n) is 7.30. The molecule has 0 aliphatic heterocycles. The van der Waals surface area contributed by atoms with Crippen molar-refractivity contribution >= 4 is 11.0 Å². The van der Waals surface area contributed by atoms with E-state index in [0.717, 1.165) is 11.0 Å². The monoisotopic (exact) mass is 374 g/mol. The lowest BCUT2D eigenvalue weighted by molar-refractivity contribution is 0.534. The Morgan fingerprint density at radius 1 is 0.517 bits per heavy atom. The van der Waals surface area contributed by atoms with Crippen molar-refractivity contribution in [1.29, 1.82) is 0 Å². The van der Waals surface area contributed by atoms with E-state index in [2.05, 4.69) is 114 Å². The van der Waals surface area contributed by atoms with Crippen molar-refractivity contribution < 1.29 is 0 Å². The maximum Gasteiger partial charge on any atom is 0.0964 e. The Morgan fingerprint density at radius 3 is 1.59 bits per heavy atom. The minimum Gasteiger partial charge on any atom is -0.322 e. The number of benzene rings is 4. The van der Waals surface area contributed by atoms with Crippen molar-refractivity contribution in [1.82, 2.24) is 9.55 Å². The van der Waals surface area contributed by atoms with E-state index in [1.54, 1.807) is 0 Å². The van der Waals surface area contributed by atoms with Crippen molar-refractivity contribution in [2.24, 2.45) is 0 Å². The SMILES string of the molecule is c1ccc(C(c2ccccc2)C(c2ccccc2)n2cnc3ccccc32)cc1. The molecule has 0 N–H and O–H groups in total. The lowest BCUT2D eigenvalue weighted by atomic mass is 9.81. The zero-order valence-electron chi connectivity index (χ0n) is 16.1. The fraction of sp³-hybridized carbons (Fsp3) is 0.0741. The van der Waals surface area contributed by atoms with Crippen molar-refractivity contribution in [3.05, 3.63) is 138 Å². The number of nitrogens with zero attached hydrogens (tertiary/aromatic N) is 2. The van der Waals surface area contributed by atoms with Crippen molar-refractivity contribution in [3.63, 3.8) is 0 Å². The van der Waals surface area contributed by atoms with Crippen LogP contribution in [0.15, 0.2) is 122 Å². The molecule has 0 aliphatic rings. The largest absolute Gasteiger partial charge is 0.322 e. The van der Waals surface area contributed by atoms with Gasteiger partial charge < -0.3 is 4.57 Å². The van der Waals surface area contributed by atoms with Gasteiger partial charge in [-0.25, -0.2) is 4.98 Å². The molecule has 0 amide bonds. The molecule has 5 rings (SSSR count). The van der Waals surface area contributed by atoms with Crippen LogP contribution >= 0.6 is 0 Å². The van der Waals surface area contributed by atoms with Gasteiger partial charge in [0.15, 0.2) is 0 Å². The highest BCUT2D eigenvalue weighted by Gasteiger charge is 2.29. The summed E-state index contributed by atoms with van der Waals surface area (Å²) in [4.78, 5) is 4.70. The van der Waals surface area contributed by atoms with Crippen molar-refractivity contribution in [3.8, 4) is 0 Å². The second kappa shape index (κ2) is 7.76. The fourth-order valence-corrected chi connectivity index (χ4v) is 4.24. The summed E-state index contributed by atoms with van der Waals surface area (Å²) in [7, 11) is 0. The van der Waals surface area contributed by atoms with Crippen LogP contribution in [0.2, 0.25) is 0 Å². The molecule has 0 fully saturated rings. The molecule has 1 aromatic heterocycles. The van der Waals surface area contributed by atoms with E-state index >= 15 is 0 Å². The smallest absolute Gasteiger partial charge is 0.0964 e. The average Bonchev–Trinajstić information content (AvgIpc) is 3.23. The van der Waals surface area contributed by atoms with Gasteiger partial charge in [-0.05, 0) is 28.8 Å². The average molecular weight is 374 g/mol. The highest BCUT2D eigenvalue weighted by Crippen LogP contribution is 2.40. The number of rotatable bonds is 5. The van der Waals surface area contributed by atoms with Gasteiger partial charge in [-0.15, -0.1) is 0 Å². The predicted molar refractivity (Wildman–Crippen MR) is 119 cm³/mol. The Bertz CT molecular complexity index is 1150. The molecule has 0 bridgehead atoms. The Balaban J connectivity index is 1.78. The minimum absolute atomic E-state index is 0.0911. The molecule has 0 saturated carbocycles. The van der Waals surface area contributed by atoms with E-state index in [1.807, 2.05) is 12.4 Å². The van der Waals surface area contributed by atoms with E-state index < -0.39 is 0 Å². The highest BCUT2D eigenvalue weighted by molar-refractivity contribution is 5.75. The summed E-state index contributed by atoms with van der Waals surface area (Å²) < 4.78 is 2.33. The van der Waals surface area contributed by atoms with Crippen LogP contribution in [0, 0.1) is 0 Å². The van der Waals surface area contributed by atoms with Crippen LogP contribution in [0.25, 0.3) is 11.0 Å². The zero-order valence-corrected chi connectivity index (χ0v) is 16.1. The number of hydrogen-bond acceptors (Lipinski definition) is 1. The topological polar surface area (TPSA) is 17.8 Å². The maximum atomic E-state index is 4.70. The van der Waals surface area contributed by atoms with Crippen LogP contribution in [0.5, 0.6) is 0 Å². The van der Waals surface area contributed by atoms with Crippen molar-refractivity contribution in [2.45, 2.75) is 12.0 Å². The van der Waals surface area contributed by atoms with Crippen LogP contribution < -0.4 is 0 Å². The van der Waals surface area contributed by atoms with Gasteiger partial charge in [0.05, 0.1) is 23.4 Å². The lowest BCUT2D eigenvalue weighted by Gasteiger charge is -2.30. The molecule has 5 aromatic rings. The number of aromatic nitrogens is 2. The summed E-state index contributed by atoms with van der Waals surface area (Å²) >= 11 is 0. The number of imidazole rings is 1. The molecule has 1 unspecified atom stereocenters. The first-order chi connectivity index (χ1) is 14.4. The van der Waals surface area contributed by atoms with Gasteiger partial charge in [0.25, 0.3) is 0 Å². The molecule has 0 radical (unpaired) electrons. The number of hydrogen-bond donors (Lipinski definition) is 0. The van der Waals surface area contributed by atoms with Gasteiger partial charge in [-0.1, -0.05) is 103 Å². The predicted octanol–water partition coefficient (Wildman–Crippen LogP) is 6.46. The fourth-order valence-electron chi connectivity index (χ4n) is 4.24. The number of para-hydroxylation sites is 2. The molecule has 29 heavy (non-hydrogen) atoms. The summed E-state index contributed by atoms with van der Waals surface area (Å²) in [6.45, 7) is 0. The molecule has 0 saturated heterocycles. The van der Waals surface area contributed by atoms with E-state index in [9.17, 15) is 0 Å². The van der Waals surface area contributed by atoms with Crippen LogP contribution in [-0.4, -0.2) is 9.55 Å². The summed E-state index contributed by atoms with van der Waals surface area (Å²) in [5.74, 6) is 0.164. The second-order valence-corrected chi connectivity index (χ2v) is 7.30. The third kappa shape index (κ3) is 3.34. The van der Waals surface area contributed by atoms with Gasteiger partial charge >= 0.3 is 0 Å². The zero-order chi connectivity index (χ0) is 19.5. The van der Waals surface area contributed by atoms with Crippen molar-refractivity contribution in [2.75, 3.05) is 0 Å². The molecule has 140 valence electrons. The lowest BCUT2D eigenvalue weighted by Crippen LogP contribution is -2.20. The molecule has 1 heterocycles. The summed E-state index contributed by atoms with van der Waals surface area (Å²) in [6, 6.07) is 40.8. The quantitative estimate of drug-likeness (QED) is 0.345. The van der Waals surface area contributed by atoms with Crippen LogP contribution in [0.3, 0.4) is 0 Å². The molecule has 0 aliphatic carbocycles. The molecular weight excluding hydrogens is 352 g/mol. The third-order valence-corrected chi connectivity index (χ3v) is 5.56. The van der Waals surface area contributed by atoms with Gasteiger partial charge in [0, 0.05) is 5.92 Å². The summed E-state index contributed by atoms with van der Waals surface area (Å²) in [6.07, 6.45) is 1.99. The van der Waals surface area contributed by atoms with Gasteiger partial charge in [0.1, 0.15) is 0 Å². The highest BCUT2D eigenvalue weighted by atomic mass is 15.1. The first-order valence-electron chi connectivity index (χ1n) is 9.98. The normalized spacial score (nSPS) is 12.3. The van der Waals surface area contributed by atoms with Gasteiger partial charge in [-0.2, -0.15) is 0 Å². The number of fused-ring (bicyclic) bond motifs is 1. The first kappa shape index (κ1) is 17.4. The Labute approximate surface area is 171 Å². The van der Waals surface area contributed by atoms with E-state index in [0.29, 0.717) is 0 Å². The third-order valence-electron chi connectivity index (χ3n) is 5.56. The van der Waals surface area contributed by atoms with Gasteiger partial charge in [-0.3, -0.25) is 0 Å². The maximum absolute atomic E-state index is 4.70. The molecule has 2 heteroatoms. The van der Waals surface area contributed by atoms with Crippen LogP contribution in [0.4, 0.5) is 0 Å².